The van der Waals surface area contributed by atoms with Crippen molar-refractivity contribution in [2.24, 2.45) is 0 Å². The van der Waals surface area contributed by atoms with E-state index in [1.807, 2.05) is 7.05 Å². The van der Waals surface area contributed by atoms with Gasteiger partial charge in [-0.15, -0.1) is 24.0 Å². The summed E-state index contributed by atoms with van der Waals surface area (Å²) in [5.74, 6) is 1.28. The zero-order valence-corrected chi connectivity index (χ0v) is 14.2. The van der Waals surface area contributed by atoms with E-state index in [0.29, 0.717) is 0 Å². The second kappa shape index (κ2) is 10.8. The summed E-state index contributed by atoms with van der Waals surface area (Å²) in [5.41, 5.74) is 0. The molecule has 0 aromatic heterocycles. The van der Waals surface area contributed by atoms with Gasteiger partial charge in [0, 0.05) is 12.3 Å². The lowest BCUT2D eigenvalue weighted by Crippen LogP contribution is -2.35. The Balaban J connectivity index is 0. The largest absolute Gasteiger partial charge is 0.319 e. The van der Waals surface area contributed by atoms with Crippen LogP contribution < -0.4 is 5.32 Å². The van der Waals surface area contributed by atoms with Crippen molar-refractivity contribution in [1.82, 2.24) is 5.32 Å². The predicted molar refractivity (Wildman–Crippen MR) is 83.9 cm³/mol. The van der Waals surface area contributed by atoms with Crippen molar-refractivity contribution in [3.8, 4) is 0 Å². The number of halogens is 1. The highest BCUT2D eigenvalue weighted by molar-refractivity contribution is 14.0. The van der Waals surface area contributed by atoms with Crippen LogP contribution in [0, 0.1) is 0 Å². The fraction of sp³-hybridized carbons (Fsp3) is 1.00. The van der Waals surface area contributed by atoms with Gasteiger partial charge in [0.1, 0.15) is 0 Å². The molecule has 4 heteroatoms. The van der Waals surface area contributed by atoms with Gasteiger partial charge in [-0.3, -0.25) is 0 Å². The molecule has 0 bridgehead atoms. The third-order valence-corrected chi connectivity index (χ3v) is 11.4. The summed E-state index contributed by atoms with van der Waals surface area (Å²) >= 11 is 2.16. The highest BCUT2D eigenvalue weighted by Gasteiger charge is 2.25. The molecule has 0 heterocycles. The maximum absolute atomic E-state index is 3.20. The van der Waals surface area contributed by atoms with Crippen molar-refractivity contribution >= 4 is 43.8 Å². The van der Waals surface area contributed by atoms with Crippen molar-refractivity contribution in [3.05, 3.63) is 0 Å². The Hall–Kier alpha value is 1.26. The number of thioether (sulfide) groups is 1. The molecule has 0 aliphatic heterocycles. The molecule has 88 valence electrons. The molecule has 0 aromatic carbocycles. The van der Waals surface area contributed by atoms with E-state index in [2.05, 4.69) is 37.8 Å². The van der Waals surface area contributed by atoms with Gasteiger partial charge < -0.3 is 5.32 Å². The van der Waals surface area contributed by atoms with E-state index in [4.69, 9.17) is 0 Å². The number of hydrogen-bond acceptors (Lipinski definition) is 2. The molecule has 0 aliphatic rings. The average molecular weight is 347 g/mol. The van der Waals surface area contributed by atoms with E-state index in [0.717, 1.165) is 6.54 Å². The molecule has 14 heavy (non-hydrogen) atoms. The van der Waals surface area contributed by atoms with E-state index >= 15 is 0 Å². The normalized spacial score (nSPS) is 11.1. The monoisotopic (exact) mass is 347 g/mol. The Bertz CT molecular complexity index is 112. The Kier molecular flexibility index (Phi) is 13.6. The SMILES string of the molecule is CC[Si](CC)(CC)CSCCNC.I. The second-order valence-corrected chi connectivity index (χ2v) is 10.8. The number of rotatable bonds is 8. The molecule has 1 N–H and O–H groups in total. The number of nitrogens with one attached hydrogen (secondary N) is 1. The molecular weight excluding hydrogens is 321 g/mol. The third-order valence-electron chi connectivity index (χ3n) is 3.15. The van der Waals surface area contributed by atoms with Gasteiger partial charge in [-0.2, -0.15) is 11.8 Å². The van der Waals surface area contributed by atoms with Gasteiger partial charge in [-0.05, 0) is 12.4 Å². The Labute approximate surface area is 112 Å². The van der Waals surface area contributed by atoms with Crippen molar-refractivity contribution in [2.75, 3.05) is 24.7 Å². The minimum absolute atomic E-state index is 0. The number of hydrogen-bond donors (Lipinski definition) is 1. The van der Waals surface area contributed by atoms with E-state index in [1.54, 1.807) is 0 Å². The Morgan fingerprint density at radius 1 is 1.07 bits per heavy atom. The summed E-state index contributed by atoms with van der Waals surface area (Å²) in [5, 5.41) is 4.67. The minimum atomic E-state index is -0.832. The first-order valence-electron chi connectivity index (χ1n) is 5.47. The van der Waals surface area contributed by atoms with Crippen molar-refractivity contribution in [3.63, 3.8) is 0 Å². The lowest BCUT2D eigenvalue weighted by molar-refractivity contribution is 0.872. The zero-order chi connectivity index (χ0) is 10.2. The van der Waals surface area contributed by atoms with Gasteiger partial charge >= 0.3 is 0 Å². The van der Waals surface area contributed by atoms with Crippen molar-refractivity contribution in [1.29, 1.82) is 0 Å². The minimum Gasteiger partial charge on any atom is -0.319 e. The van der Waals surface area contributed by atoms with Crippen LogP contribution in [0.25, 0.3) is 0 Å². The van der Waals surface area contributed by atoms with E-state index in [1.165, 1.54) is 29.3 Å². The molecule has 0 rings (SSSR count). The Morgan fingerprint density at radius 3 is 1.93 bits per heavy atom. The fourth-order valence-electron chi connectivity index (χ4n) is 1.52. The van der Waals surface area contributed by atoms with Crippen LogP contribution in [-0.4, -0.2) is 32.8 Å². The lowest BCUT2D eigenvalue weighted by atomic mass is 10.8. The molecule has 0 saturated carbocycles. The maximum Gasteiger partial charge on any atom is 0.0631 e. The average Bonchev–Trinajstić information content (AvgIpc) is 2.20. The van der Waals surface area contributed by atoms with Gasteiger partial charge in [0.05, 0.1) is 8.07 Å². The molecule has 0 aliphatic carbocycles. The molecule has 0 fully saturated rings. The molecule has 0 amide bonds. The predicted octanol–water partition coefficient (Wildman–Crippen LogP) is 3.60. The molecule has 0 saturated heterocycles. The first kappa shape index (κ1) is 17.6. The second-order valence-electron chi connectivity index (χ2n) is 3.72. The molecule has 1 nitrogen and oxygen atoms in total. The maximum atomic E-state index is 3.20. The van der Waals surface area contributed by atoms with Gasteiger partial charge in [0.15, 0.2) is 0 Å². The molecule has 0 atom stereocenters. The summed E-state index contributed by atoms with van der Waals surface area (Å²) in [6, 6.07) is 4.39. The quantitative estimate of drug-likeness (QED) is 0.409. The van der Waals surface area contributed by atoms with Gasteiger partial charge in [0.25, 0.3) is 0 Å². The summed E-state index contributed by atoms with van der Waals surface area (Å²) in [4.78, 5) is 0. The van der Waals surface area contributed by atoms with Crippen LogP contribution >= 0.6 is 35.7 Å². The van der Waals surface area contributed by atoms with Crippen LogP contribution in [0.2, 0.25) is 18.1 Å². The molecule has 0 spiro atoms. The highest BCUT2D eigenvalue weighted by atomic mass is 127. The molecule has 0 unspecified atom stereocenters. The first-order valence-corrected chi connectivity index (χ1v) is 9.45. The van der Waals surface area contributed by atoms with Gasteiger partial charge in [-0.25, -0.2) is 0 Å². The van der Waals surface area contributed by atoms with Crippen molar-refractivity contribution in [2.45, 2.75) is 38.9 Å². The van der Waals surface area contributed by atoms with Crippen LogP contribution in [0.4, 0.5) is 0 Å². The summed E-state index contributed by atoms with van der Waals surface area (Å²) in [7, 11) is 1.20. The molecule has 0 radical (unpaired) electrons. The summed E-state index contributed by atoms with van der Waals surface area (Å²) < 4.78 is 0. The topological polar surface area (TPSA) is 12.0 Å². The van der Waals surface area contributed by atoms with Gasteiger partial charge in [-0.1, -0.05) is 38.9 Å². The van der Waals surface area contributed by atoms with Crippen molar-refractivity contribution < 1.29 is 0 Å². The molecular formula is C10H26INSSi. The van der Waals surface area contributed by atoms with E-state index < -0.39 is 8.07 Å². The Morgan fingerprint density at radius 2 is 1.57 bits per heavy atom. The molecule has 0 aromatic rings. The fourth-order valence-corrected chi connectivity index (χ4v) is 8.13. The lowest BCUT2D eigenvalue weighted by Gasteiger charge is -2.27. The first-order chi connectivity index (χ1) is 6.24. The van der Waals surface area contributed by atoms with Crippen LogP contribution in [0.3, 0.4) is 0 Å². The standard InChI is InChI=1S/C10H25NSSi.HI/c1-5-13(6-2,7-3)10-12-9-8-11-4;/h11H,5-10H2,1-4H3;1H. The highest BCUT2D eigenvalue weighted by Crippen LogP contribution is 2.24. The third kappa shape index (κ3) is 6.69. The van der Waals surface area contributed by atoms with E-state index in [9.17, 15) is 0 Å². The van der Waals surface area contributed by atoms with Gasteiger partial charge in [0.2, 0.25) is 0 Å². The van der Waals surface area contributed by atoms with Crippen LogP contribution in [-0.2, 0) is 0 Å². The summed E-state index contributed by atoms with van der Waals surface area (Å²) in [6.45, 7) is 8.32. The van der Waals surface area contributed by atoms with Crippen LogP contribution in [0.15, 0.2) is 0 Å². The summed E-state index contributed by atoms with van der Waals surface area (Å²) in [6.07, 6.45) is 0. The smallest absolute Gasteiger partial charge is 0.0631 e. The van der Waals surface area contributed by atoms with E-state index in [-0.39, 0.29) is 24.0 Å². The zero-order valence-electron chi connectivity index (χ0n) is 10.1. The van der Waals surface area contributed by atoms with Crippen LogP contribution in [0.5, 0.6) is 0 Å². The van der Waals surface area contributed by atoms with Crippen LogP contribution in [0.1, 0.15) is 20.8 Å².